The molecule has 5 heteroatoms. The first-order chi connectivity index (χ1) is 7.52. The lowest BCUT2D eigenvalue weighted by Crippen LogP contribution is -2.20. The third-order valence-corrected chi connectivity index (χ3v) is 3.07. The Hall–Kier alpha value is -1.07. The van der Waals surface area contributed by atoms with Crippen LogP contribution in [0.15, 0.2) is 22.7 Å². The van der Waals surface area contributed by atoms with Crippen LogP contribution in [-0.4, -0.2) is 17.6 Å². The number of hydrogen-bond acceptors (Lipinski definition) is 3. The summed E-state index contributed by atoms with van der Waals surface area (Å²) in [7, 11) is 0. The van der Waals surface area contributed by atoms with E-state index in [2.05, 4.69) is 15.9 Å². The van der Waals surface area contributed by atoms with Crippen molar-refractivity contribution in [3.63, 3.8) is 0 Å². The molecule has 0 fully saturated rings. The number of aliphatic carboxylic acids is 1. The van der Waals surface area contributed by atoms with Crippen molar-refractivity contribution in [1.29, 1.82) is 0 Å². The normalized spacial score (nSPS) is 12.4. The lowest BCUT2D eigenvalue weighted by molar-refractivity contribution is -0.138. The molecule has 0 radical (unpaired) electrons. The summed E-state index contributed by atoms with van der Waals surface area (Å²) in [6.45, 7) is 0.369. The van der Waals surface area contributed by atoms with Crippen LogP contribution < -0.4 is 11.5 Å². The van der Waals surface area contributed by atoms with Gasteiger partial charge in [-0.05, 0) is 52.5 Å². The second kappa shape index (κ2) is 5.86. The van der Waals surface area contributed by atoms with E-state index in [1.165, 1.54) is 0 Å². The molecule has 16 heavy (non-hydrogen) atoms. The summed E-state index contributed by atoms with van der Waals surface area (Å²) in [6.07, 6.45) is 0.750. The summed E-state index contributed by atoms with van der Waals surface area (Å²) in [4.78, 5) is 10.6. The number of carboxylic acids is 1. The number of carbonyl (C=O) groups is 1. The minimum Gasteiger partial charge on any atom is -0.481 e. The van der Waals surface area contributed by atoms with E-state index in [0.29, 0.717) is 18.7 Å². The fraction of sp³-hybridized carbons (Fsp3) is 0.364. The number of nitrogens with two attached hydrogens (primary N) is 2. The predicted molar refractivity (Wildman–Crippen MR) is 67.1 cm³/mol. The molecule has 88 valence electrons. The van der Waals surface area contributed by atoms with Crippen LogP contribution in [-0.2, 0) is 11.2 Å². The van der Waals surface area contributed by atoms with Gasteiger partial charge in [0.2, 0.25) is 0 Å². The summed E-state index contributed by atoms with van der Waals surface area (Å²) in [5.74, 6) is -0.849. The molecule has 0 aliphatic carbocycles. The van der Waals surface area contributed by atoms with Crippen molar-refractivity contribution in [3.05, 3.63) is 28.2 Å². The topological polar surface area (TPSA) is 89.3 Å². The summed E-state index contributed by atoms with van der Waals surface area (Å²) >= 11 is 3.34. The van der Waals surface area contributed by atoms with Gasteiger partial charge in [0.15, 0.2) is 0 Å². The molecule has 0 bridgehead atoms. The van der Waals surface area contributed by atoms with Crippen molar-refractivity contribution in [3.8, 4) is 0 Å². The molecule has 0 unspecified atom stereocenters. The van der Waals surface area contributed by atoms with E-state index in [4.69, 9.17) is 16.6 Å². The van der Waals surface area contributed by atoms with Gasteiger partial charge in [-0.1, -0.05) is 6.07 Å². The second-order valence-corrected chi connectivity index (χ2v) is 4.61. The molecule has 0 aliphatic rings. The Balaban J connectivity index is 2.70. The minimum atomic E-state index is -0.815. The molecule has 0 aliphatic heterocycles. The van der Waals surface area contributed by atoms with Crippen molar-refractivity contribution < 1.29 is 9.90 Å². The van der Waals surface area contributed by atoms with Crippen LogP contribution in [0.4, 0.5) is 5.69 Å². The van der Waals surface area contributed by atoms with Crippen molar-refractivity contribution in [2.45, 2.75) is 12.8 Å². The highest BCUT2D eigenvalue weighted by Crippen LogP contribution is 2.22. The first-order valence-corrected chi connectivity index (χ1v) is 5.78. The van der Waals surface area contributed by atoms with Gasteiger partial charge in [-0.3, -0.25) is 4.79 Å². The molecule has 1 aromatic rings. The Kier molecular flexibility index (Phi) is 4.76. The van der Waals surface area contributed by atoms with E-state index >= 15 is 0 Å². The van der Waals surface area contributed by atoms with Crippen LogP contribution in [0.3, 0.4) is 0 Å². The van der Waals surface area contributed by atoms with E-state index in [9.17, 15) is 4.79 Å². The fourth-order valence-electron chi connectivity index (χ4n) is 1.52. The smallest absolute Gasteiger partial charge is 0.303 e. The maximum absolute atomic E-state index is 10.6. The first-order valence-electron chi connectivity index (χ1n) is 4.98. The zero-order valence-corrected chi connectivity index (χ0v) is 10.4. The van der Waals surface area contributed by atoms with Crippen LogP contribution >= 0.6 is 15.9 Å². The molecule has 1 atom stereocenters. The number of halogens is 1. The molecule has 0 saturated carbocycles. The summed E-state index contributed by atoms with van der Waals surface area (Å²) < 4.78 is 0.830. The second-order valence-electron chi connectivity index (χ2n) is 3.76. The monoisotopic (exact) mass is 286 g/mol. The number of hydrogen-bond donors (Lipinski definition) is 3. The average molecular weight is 287 g/mol. The molecule has 5 N–H and O–H groups in total. The Morgan fingerprint density at radius 2 is 2.19 bits per heavy atom. The molecule has 1 aromatic carbocycles. The molecule has 0 heterocycles. The highest BCUT2D eigenvalue weighted by Gasteiger charge is 2.12. The fourth-order valence-corrected chi connectivity index (χ4v) is 1.94. The highest BCUT2D eigenvalue weighted by atomic mass is 79.9. The summed E-state index contributed by atoms with van der Waals surface area (Å²) in [5, 5.41) is 8.71. The SMILES string of the molecule is NC[C@@H](CC(=O)O)Cc1ccc(N)c(Br)c1. The van der Waals surface area contributed by atoms with Crippen molar-refractivity contribution in [1.82, 2.24) is 0 Å². The van der Waals surface area contributed by atoms with Crippen molar-refractivity contribution in [2.75, 3.05) is 12.3 Å². The molecule has 4 nitrogen and oxygen atoms in total. The van der Waals surface area contributed by atoms with E-state index in [1.54, 1.807) is 6.07 Å². The van der Waals surface area contributed by atoms with Crippen molar-refractivity contribution >= 4 is 27.6 Å². The molecule has 0 aromatic heterocycles. The van der Waals surface area contributed by atoms with Crippen LogP contribution in [0.2, 0.25) is 0 Å². The van der Waals surface area contributed by atoms with Gasteiger partial charge in [-0.2, -0.15) is 0 Å². The van der Waals surface area contributed by atoms with E-state index < -0.39 is 5.97 Å². The Morgan fingerprint density at radius 1 is 1.50 bits per heavy atom. The van der Waals surface area contributed by atoms with Gasteiger partial charge in [-0.15, -0.1) is 0 Å². The Bertz CT molecular complexity index is 382. The third kappa shape index (κ3) is 3.83. The Labute approximate surface area is 103 Å². The number of benzene rings is 1. The minimum absolute atomic E-state index is 0.0342. The number of anilines is 1. The molecule has 1 rings (SSSR count). The van der Waals surface area contributed by atoms with Gasteiger partial charge in [0.05, 0.1) is 0 Å². The molecular weight excluding hydrogens is 272 g/mol. The van der Waals surface area contributed by atoms with Crippen molar-refractivity contribution in [2.24, 2.45) is 11.7 Å². The average Bonchev–Trinajstić information content (AvgIpc) is 2.22. The molecule has 0 amide bonds. The number of nitrogen functional groups attached to an aromatic ring is 1. The zero-order valence-electron chi connectivity index (χ0n) is 8.82. The Morgan fingerprint density at radius 3 is 2.69 bits per heavy atom. The highest BCUT2D eigenvalue weighted by molar-refractivity contribution is 9.10. The zero-order chi connectivity index (χ0) is 12.1. The lowest BCUT2D eigenvalue weighted by atomic mass is 9.96. The van der Waals surface area contributed by atoms with Crippen LogP contribution in [0, 0.1) is 5.92 Å². The summed E-state index contributed by atoms with van der Waals surface area (Å²) in [6, 6.07) is 5.60. The van der Waals surface area contributed by atoms with Crippen LogP contribution in [0.5, 0.6) is 0 Å². The van der Waals surface area contributed by atoms with Gasteiger partial charge in [0.1, 0.15) is 0 Å². The van der Waals surface area contributed by atoms with Gasteiger partial charge in [-0.25, -0.2) is 0 Å². The lowest BCUT2D eigenvalue weighted by Gasteiger charge is -2.12. The largest absolute Gasteiger partial charge is 0.481 e. The van der Waals surface area contributed by atoms with Gasteiger partial charge < -0.3 is 16.6 Å². The molecule has 0 spiro atoms. The predicted octanol–water partition coefficient (Wildman–Crippen LogP) is 1.62. The van der Waals surface area contributed by atoms with E-state index in [-0.39, 0.29) is 12.3 Å². The number of rotatable bonds is 5. The third-order valence-electron chi connectivity index (χ3n) is 2.39. The van der Waals surface area contributed by atoms with Gasteiger partial charge in [0, 0.05) is 16.6 Å². The molecular formula is C11H15BrN2O2. The number of carboxylic acid groups (broad SMARTS) is 1. The van der Waals surface area contributed by atoms with E-state index in [1.807, 2.05) is 12.1 Å². The van der Waals surface area contributed by atoms with Crippen LogP contribution in [0.1, 0.15) is 12.0 Å². The maximum atomic E-state index is 10.6. The van der Waals surface area contributed by atoms with E-state index in [0.717, 1.165) is 10.0 Å². The summed E-state index contributed by atoms with van der Waals surface area (Å²) in [5.41, 5.74) is 12.9. The van der Waals surface area contributed by atoms with Gasteiger partial charge >= 0.3 is 5.97 Å². The maximum Gasteiger partial charge on any atom is 0.303 e. The van der Waals surface area contributed by atoms with Gasteiger partial charge in [0.25, 0.3) is 0 Å². The standard InChI is InChI=1S/C11H15BrN2O2/c12-9-4-7(1-2-10(9)14)3-8(6-13)5-11(15)16/h1-2,4,8H,3,5-6,13-14H2,(H,15,16)/t8-/m1/s1. The van der Waals surface area contributed by atoms with Crippen LogP contribution in [0.25, 0.3) is 0 Å². The molecule has 0 saturated heterocycles. The first kappa shape index (κ1) is 13.0. The quantitative estimate of drug-likeness (QED) is 0.718.